The first kappa shape index (κ1) is 24.5. The van der Waals surface area contributed by atoms with Crippen LogP contribution >= 0.6 is 11.3 Å². The molecule has 0 aliphatic heterocycles. The van der Waals surface area contributed by atoms with Crippen molar-refractivity contribution in [3.8, 4) is 5.75 Å². The minimum atomic E-state index is -1.06. The van der Waals surface area contributed by atoms with E-state index in [0.29, 0.717) is 17.8 Å². The number of urea groups is 1. The molecule has 1 saturated carbocycles. The van der Waals surface area contributed by atoms with Gasteiger partial charge < -0.3 is 20.7 Å². The normalized spacial score (nSPS) is 17.5. The van der Waals surface area contributed by atoms with Crippen LogP contribution in [0.25, 0.3) is 0 Å². The average molecular weight is 505 g/mol. The number of aromatic nitrogens is 1. The number of halogens is 3. The first-order valence-electron chi connectivity index (χ1n) is 11.0. The van der Waals surface area contributed by atoms with Crippen LogP contribution in [0.5, 0.6) is 5.75 Å². The predicted molar refractivity (Wildman–Crippen MR) is 125 cm³/mol. The zero-order valence-corrected chi connectivity index (χ0v) is 19.3. The second kappa shape index (κ2) is 11.2. The molecule has 1 aliphatic carbocycles. The van der Waals surface area contributed by atoms with Gasteiger partial charge in [-0.2, -0.15) is 0 Å². The SMILES string of the molecule is O=C(Nc1ccc(F)c(F)c1)N[C@H]1CCCC[C@@H]1NC(=O)c1csc(COc2ccccc2F)n1. The molecule has 0 spiro atoms. The quantitative estimate of drug-likeness (QED) is 0.422. The third-order valence-electron chi connectivity index (χ3n) is 5.55. The van der Waals surface area contributed by atoms with E-state index in [0.717, 1.165) is 25.0 Å². The molecule has 2 aromatic carbocycles. The zero-order chi connectivity index (χ0) is 24.8. The number of amides is 3. The van der Waals surface area contributed by atoms with Gasteiger partial charge in [0.2, 0.25) is 0 Å². The van der Waals surface area contributed by atoms with E-state index in [1.807, 2.05) is 0 Å². The van der Waals surface area contributed by atoms with E-state index in [9.17, 15) is 22.8 Å². The monoisotopic (exact) mass is 504 g/mol. The Morgan fingerprint density at radius 3 is 2.46 bits per heavy atom. The van der Waals surface area contributed by atoms with E-state index >= 15 is 0 Å². The van der Waals surface area contributed by atoms with Crippen molar-refractivity contribution in [2.24, 2.45) is 0 Å². The van der Waals surface area contributed by atoms with Crippen LogP contribution in [-0.4, -0.2) is 29.0 Å². The van der Waals surface area contributed by atoms with Crippen LogP contribution in [0.2, 0.25) is 0 Å². The molecule has 35 heavy (non-hydrogen) atoms. The van der Waals surface area contributed by atoms with Gasteiger partial charge in [-0.1, -0.05) is 25.0 Å². The van der Waals surface area contributed by atoms with Crippen LogP contribution in [0.15, 0.2) is 47.8 Å². The highest BCUT2D eigenvalue weighted by Gasteiger charge is 2.29. The van der Waals surface area contributed by atoms with Gasteiger partial charge in [-0.05, 0) is 37.1 Å². The molecule has 1 aromatic heterocycles. The summed E-state index contributed by atoms with van der Waals surface area (Å²) in [5, 5.41) is 10.3. The van der Waals surface area contributed by atoms with Crippen molar-refractivity contribution in [2.45, 2.75) is 44.4 Å². The van der Waals surface area contributed by atoms with E-state index in [-0.39, 0.29) is 35.8 Å². The fourth-order valence-corrected chi connectivity index (χ4v) is 4.50. The van der Waals surface area contributed by atoms with Crippen LogP contribution < -0.4 is 20.7 Å². The molecule has 0 bridgehead atoms. The summed E-state index contributed by atoms with van der Waals surface area (Å²) in [7, 11) is 0. The van der Waals surface area contributed by atoms with Gasteiger partial charge in [0.25, 0.3) is 5.91 Å². The highest BCUT2D eigenvalue weighted by atomic mass is 32.1. The molecule has 0 radical (unpaired) electrons. The van der Waals surface area contributed by atoms with E-state index in [4.69, 9.17) is 4.74 Å². The molecule has 1 fully saturated rings. The van der Waals surface area contributed by atoms with Gasteiger partial charge in [-0.25, -0.2) is 22.9 Å². The summed E-state index contributed by atoms with van der Waals surface area (Å²) < 4.78 is 45.6. The molecular weight excluding hydrogens is 481 g/mol. The number of ether oxygens (including phenoxy) is 1. The number of hydrogen-bond donors (Lipinski definition) is 3. The second-order valence-corrected chi connectivity index (χ2v) is 8.99. The Bertz CT molecular complexity index is 1210. The second-order valence-electron chi connectivity index (χ2n) is 8.04. The molecule has 3 amide bonds. The largest absolute Gasteiger partial charge is 0.483 e. The summed E-state index contributed by atoms with van der Waals surface area (Å²) in [4.78, 5) is 29.4. The molecule has 3 aromatic rings. The lowest BCUT2D eigenvalue weighted by Crippen LogP contribution is -2.54. The summed E-state index contributed by atoms with van der Waals surface area (Å²) >= 11 is 1.22. The minimum absolute atomic E-state index is 0.0244. The number of rotatable bonds is 7. The van der Waals surface area contributed by atoms with E-state index in [2.05, 4.69) is 20.9 Å². The number of thiazole rings is 1. The van der Waals surface area contributed by atoms with E-state index in [1.54, 1.807) is 17.5 Å². The van der Waals surface area contributed by atoms with Gasteiger partial charge in [0, 0.05) is 23.2 Å². The van der Waals surface area contributed by atoms with Crippen LogP contribution in [0.1, 0.15) is 41.2 Å². The fourth-order valence-electron chi connectivity index (χ4n) is 3.81. The Balaban J connectivity index is 1.32. The van der Waals surface area contributed by atoms with E-state index in [1.165, 1.54) is 29.5 Å². The standard InChI is InChI=1S/C24H23F3N4O3S/c25-15-10-9-14(11-17(15)27)28-24(33)31-19-7-3-2-6-18(19)30-23(32)20-13-35-22(29-20)12-34-21-8-4-1-5-16(21)26/h1,4-5,8-11,13,18-19H,2-3,6-7,12H2,(H,30,32)(H2,28,31,33)/t18-,19-/m0/s1. The molecule has 1 aliphatic rings. The average Bonchev–Trinajstić information content (AvgIpc) is 3.31. The van der Waals surface area contributed by atoms with Crippen molar-refractivity contribution < 1.29 is 27.5 Å². The van der Waals surface area contributed by atoms with Gasteiger partial charge in [-0.15, -0.1) is 11.3 Å². The molecule has 2 atom stereocenters. The number of nitrogens with one attached hydrogen (secondary N) is 3. The maximum absolute atomic E-state index is 13.7. The fraction of sp³-hybridized carbons (Fsp3) is 0.292. The number of hydrogen-bond acceptors (Lipinski definition) is 5. The molecule has 0 unspecified atom stereocenters. The lowest BCUT2D eigenvalue weighted by atomic mass is 9.90. The van der Waals surface area contributed by atoms with Gasteiger partial charge in [0.05, 0.1) is 6.04 Å². The summed E-state index contributed by atoms with van der Waals surface area (Å²) in [6.45, 7) is 0.0244. The Morgan fingerprint density at radius 1 is 0.971 bits per heavy atom. The Morgan fingerprint density at radius 2 is 1.71 bits per heavy atom. The van der Waals surface area contributed by atoms with Crippen molar-refractivity contribution >= 4 is 29.0 Å². The van der Waals surface area contributed by atoms with Crippen LogP contribution in [0.4, 0.5) is 23.7 Å². The summed E-state index contributed by atoms with van der Waals surface area (Å²) in [6, 6.07) is 7.85. The maximum atomic E-state index is 13.7. The van der Waals surface area contributed by atoms with Gasteiger partial charge in [-0.3, -0.25) is 4.79 Å². The van der Waals surface area contributed by atoms with Gasteiger partial charge >= 0.3 is 6.03 Å². The first-order chi connectivity index (χ1) is 16.9. The summed E-state index contributed by atoms with van der Waals surface area (Å²) in [5.74, 6) is -2.83. The third kappa shape index (κ3) is 6.50. The van der Waals surface area contributed by atoms with Crippen molar-refractivity contribution in [1.29, 1.82) is 0 Å². The van der Waals surface area contributed by atoms with Crippen molar-refractivity contribution in [2.75, 3.05) is 5.32 Å². The molecule has 11 heteroatoms. The number of carbonyl (C=O) groups excluding carboxylic acids is 2. The molecule has 7 nitrogen and oxygen atoms in total. The molecule has 184 valence electrons. The number of anilines is 1. The number of para-hydroxylation sites is 1. The van der Waals surface area contributed by atoms with Crippen molar-refractivity contribution in [3.05, 3.63) is 76.0 Å². The van der Waals surface area contributed by atoms with E-state index < -0.39 is 29.4 Å². The lowest BCUT2D eigenvalue weighted by molar-refractivity contribution is 0.0911. The van der Waals surface area contributed by atoms with Crippen molar-refractivity contribution in [1.82, 2.24) is 15.6 Å². The van der Waals surface area contributed by atoms with Gasteiger partial charge in [0.1, 0.15) is 17.3 Å². The molecule has 1 heterocycles. The molecule has 0 saturated heterocycles. The Kier molecular flexibility index (Phi) is 7.86. The Hall–Kier alpha value is -3.60. The van der Waals surface area contributed by atoms with Gasteiger partial charge in [0.15, 0.2) is 23.2 Å². The maximum Gasteiger partial charge on any atom is 0.319 e. The van der Waals surface area contributed by atoms with Crippen molar-refractivity contribution in [3.63, 3.8) is 0 Å². The van der Waals surface area contributed by atoms with Crippen LogP contribution in [-0.2, 0) is 6.61 Å². The smallest absolute Gasteiger partial charge is 0.319 e. The number of benzene rings is 2. The number of carbonyl (C=O) groups is 2. The van der Waals surface area contributed by atoms with Crippen LogP contribution in [0.3, 0.4) is 0 Å². The molecule has 3 N–H and O–H groups in total. The topological polar surface area (TPSA) is 92.4 Å². The molecule has 4 rings (SSSR count). The first-order valence-corrected chi connectivity index (χ1v) is 11.9. The minimum Gasteiger partial charge on any atom is -0.483 e. The lowest BCUT2D eigenvalue weighted by Gasteiger charge is -2.32. The Labute approximate surface area is 203 Å². The third-order valence-corrected chi connectivity index (χ3v) is 6.37. The highest BCUT2D eigenvalue weighted by Crippen LogP contribution is 2.21. The zero-order valence-electron chi connectivity index (χ0n) is 18.5. The van der Waals surface area contributed by atoms with Crippen LogP contribution in [0, 0.1) is 17.5 Å². The predicted octanol–water partition coefficient (Wildman–Crippen LogP) is 5.00. The molecular formula is C24H23F3N4O3S. The highest BCUT2D eigenvalue weighted by molar-refractivity contribution is 7.09. The summed E-state index contributed by atoms with van der Waals surface area (Å²) in [6.07, 6.45) is 3.06. The number of nitrogens with zero attached hydrogens (tertiary/aromatic N) is 1. The summed E-state index contributed by atoms with van der Waals surface area (Å²) in [5.41, 5.74) is 0.322.